The first-order valence-corrected chi connectivity index (χ1v) is 7.57. The molecule has 1 heterocycles. The van der Waals surface area contributed by atoms with Crippen LogP contribution in [0.2, 0.25) is 0 Å². The fourth-order valence-electron chi connectivity index (χ4n) is 2.88. The van der Waals surface area contributed by atoms with Crippen LogP contribution in [0.3, 0.4) is 0 Å². The predicted molar refractivity (Wildman–Crippen MR) is 86.9 cm³/mol. The maximum Gasteiger partial charge on any atom is 0.130 e. The molecule has 0 aliphatic heterocycles. The van der Waals surface area contributed by atoms with Gasteiger partial charge in [0.1, 0.15) is 11.6 Å². The molecule has 0 saturated heterocycles. The predicted octanol–water partition coefficient (Wildman–Crippen LogP) is 3.27. The summed E-state index contributed by atoms with van der Waals surface area (Å²) < 4.78 is 5.28. The number of benzene rings is 1. The third kappa shape index (κ3) is 2.81. The topological polar surface area (TPSA) is 37.4 Å². The van der Waals surface area contributed by atoms with Gasteiger partial charge in [0.2, 0.25) is 0 Å². The summed E-state index contributed by atoms with van der Waals surface area (Å²) in [4.78, 5) is 7.18. The van der Waals surface area contributed by atoms with Crippen LogP contribution in [0.4, 0.5) is 5.82 Å². The second-order valence-corrected chi connectivity index (χ2v) is 5.80. The Morgan fingerprint density at radius 2 is 2.14 bits per heavy atom. The van der Waals surface area contributed by atoms with E-state index in [-0.39, 0.29) is 0 Å². The van der Waals surface area contributed by atoms with Crippen molar-refractivity contribution in [2.75, 3.05) is 26.5 Å². The number of aromatic nitrogens is 1. The van der Waals surface area contributed by atoms with E-state index in [9.17, 15) is 0 Å². The SMILES string of the molecule is CNc1nc2cc(OC)ccc2cc1CN(C)C1CCC1. The number of fused-ring (bicyclic) bond motifs is 1. The summed E-state index contributed by atoms with van der Waals surface area (Å²) in [5.41, 5.74) is 2.22. The third-order valence-electron chi connectivity index (χ3n) is 4.46. The number of pyridine rings is 1. The lowest BCUT2D eigenvalue weighted by Gasteiger charge is -2.35. The first kappa shape index (κ1) is 14.1. The van der Waals surface area contributed by atoms with Gasteiger partial charge in [-0.3, -0.25) is 4.90 Å². The van der Waals surface area contributed by atoms with Gasteiger partial charge in [0.15, 0.2) is 0 Å². The van der Waals surface area contributed by atoms with Gasteiger partial charge in [-0.05, 0) is 38.1 Å². The maximum atomic E-state index is 5.28. The molecule has 4 nitrogen and oxygen atoms in total. The molecule has 1 aliphatic rings. The molecule has 4 heteroatoms. The van der Waals surface area contributed by atoms with Crippen molar-refractivity contribution in [1.29, 1.82) is 0 Å². The minimum atomic E-state index is 0.737. The summed E-state index contributed by atoms with van der Waals surface area (Å²) in [6.45, 7) is 0.940. The van der Waals surface area contributed by atoms with Crippen LogP contribution in [0.25, 0.3) is 10.9 Å². The quantitative estimate of drug-likeness (QED) is 0.915. The first-order chi connectivity index (χ1) is 10.2. The largest absolute Gasteiger partial charge is 0.497 e. The molecule has 0 unspecified atom stereocenters. The van der Waals surface area contributed by atoms with Gasteiger partial charge >= 0.3 is 0 Å². The Kier molecular flexibility index (Phi) is 3.97. The fraction of sp³-hybridized carbons (Fsp3) is 0.471. The zero-order valence-corrected chi connectivity index (χ0v) is 13.0. The normalized spacial score (nSPS) is 15.2. The van der Waals surface area contributed by atoms with E-state index in [0.717, 1.165) is 35.1 Å². The number of nitrogens with zero attached hydrogens (tertiary/aromatic N) is 2. The number of anilines is 1. The Morgan fingerprint density at radius 1 is 1.33 bits per heavy atom. The molecule has 1 aromatic carbocycles. The minimum absolute atomic E-state index is 0.737. The van der Waals surface area contributed by atoms with Crippen LogP contribution in [-0.2, 0) is 6.54 Å². The highest BCUT2D eigenvalue weighted by Gasteiger charge is 2.22. The molecule has 1 saturated carbocycles. The lowest BCUT2D eigenvalue weighted by atomic mass is 9.91. The van der Waals surface area contributed by atoms with Crippen molar-refractivity contribution in [3.8, 4) is 5.75 Å². The zero-order chi connectivity index (χ0) is 14.8. The Hall–Kier alpha value is -1.81. The van der Waals surface area contributed by atoms with Crippen LogP contribution in [-0.4, -0.2) is 37.1 Å². The Bertz CT molecular complexity index is 637. The van der Waals surface area contributed by atoms with E-state index in [1.165, 1.54) is 24.8 Å². The number of hydrogen-bond donors (Lipinski definition) is 1. The van der Waals surface area contributed by atoms with Crippen LogP contribution < -0.4 is 10.1 Å². The summed E-state index contributed by atoms with van der Waals surface area (Å²) in [5, 5.41) is 4.39. The van der Waals surface area contributed by atoms with Gasteiger partial charge in [0, 0.05) is 36.7 Å². The van der Waals surface area contributed by atoms with E-state index >= 15 is 0 Å². The van der Waals surface area contributed by atoms with Crippen molar-refractivity contribution in [3.05, 3.63) is 29.8 Å². The second-order valence-electron chi connectivity index (χ2n) is 5.80. The standard InChI is InChI=1S/C17H23N3O/c1-18-17-13(11-20(2)14-5-4-6-14)9-12-7-8-15(21-3)10-16(12)19-17/h7-10,14H,4-6,11H2,1-3H3,(H,18,19). The van der Waals surface area contributed by atoms with Crippen LogP contribution in [0.15, 0.2) is 24.3 Å². The first-order valence-electron chi connectivity index (χ1n) is 7.57. The van der Waals surface area contributed by atoms with Crippen molar-refractivity contribution in [2.45, 2.75) is 31.8 Å². The molecule has 0 radical (unpaired) electrons. The van der Waals surface area contributed by atoms with Crippen molar-refractivity contribution < 1.29 is 4.74 Å². The lowest BCUT2D eigenvalue weighted by molar-refractivity contribution is 0.153. The molecule has 21 heavy (non-hydrogen) atoms. The number of methoxy groups -OCH3 is 1. The molecular formula is C17H23N3O. The Balaban J connectivity index is 1.93. The van der Waals surface area contributed by atoms with E-state index in [0.29, 0.717) is 0 Å². The van der Waals surface area contributed by atoms with E-state index in [1.54, 1.807) is 7.11 Å². The summed E-state index contributed by atoms with van der Waals surface area (Å²) in [6, 6.07) is 9.02. The van der Waals surface area contributed by atoms with Crippen LogP contribution in [0.5, 0.6) is 5.75 Å². The van der Waals surface area contributed by atoms with E-state index in [2.05, 4.69) is 29.4 Å². The molecule has 1 aromatic heterocycles. The molecule has 2 aromatic rings. The number of ether oxygens (including phenoxy) is 1. The molecule has 112 valence electrons. The minimum Gasteiger partial charge on any atom is -0.497 e. The van der Waals surface area contributed by atoms with Gasteiger partial charge in [-0.25, -0.2) is 4.98 Å². The van der Waals surface area contributed by atoms with E-state index < -0.39 is 0 Å². The van der Waals surface area contributed by atoms with Gasteiger partial charge < -0.3 is 10.1 Å². The molecule has 0 bridgehead atoms. The fourth-order valence-corrected chi connectivity index (χ4v) is 2.88. The Morgan fingerprint density at radius 3 is 2.76 bits per heavy atom. The number of rotatable bonds is 5. The molecule has 1 fully saturated rings. The van der Waals surface area contributed by atoms with Gasteiger partial charge in [-0.1, -0.05) is 6.42 Å². The van der Waals surface area contributed by atoms with Crippen molar-refractivity contribution in [1.82, 2.24) is 9.88 Å². The second kappa shape index (κ2) is 5.90. The van der Waals surface area contributed by atoms with E-state index in [4.69, 9.17) is 9.72 Å². The molecular weight excluding hydrogens is 262 g/mol. The molecule has 1 aliphatic carbocycles. The highest BCUT2D eigenvalue weighted by Crippen LogP contribution is 2.28. The Labute approximate surface area is 126 Å². The van der Waals surface area contributed by atoms with Crippen LogP contribution in [0.1, 0.15) is 24.8 Å². The van der Waals surface area contributed by atoms with Gasteiger partial charge in [0.05, 0.1) is 12.6 Å². The average Bonchev–Trinajstić information content (AvgIpc) is 2.44. The lowest BCUT2D eigenvalue weighted by Crippen LogP contribution is -2.36. The number of nitrogens with one attached hydrogen (secondary N) is 1. The molecule has 0 atom stereocenters. The molecule has 3 rings (SSSR count). The molecule has 1 N–H and O–H groups in total. The van der Waals surface area contributed by atoms with Gasteiger partial charge in [0.25, 0.3) is 0 Å². The molecule has 0 spiro atoms. The monoisotopic (exact) mass is 285 g/mol. The van der Waals surface area contributed by atoms with Gasteiger partial charge in [-0.2, -0.15) is 0 Å². The summed E-state index contributed by atoms with van der Waals surface area (Å²) in [5.74, 6) is 1.80. The van der Waals surface area contributed by atoms with Crippen LogP contribution in [0, 0.1) is 0 Å². The van der Waals surface area contributed by atoms with Crippen molar-refractivity contribution in [3.63, 3.8) is 0 Å². The van der Waals surface area contributed by atoms with E-state index in [1.807, 2.05) is 19.2 Å². The third-order valence-corrected chi connectivity index (χ3v) is 4.46. The zero-order valence-electron chi connectivity index (χ0n) is 13.0. The smallest absolute Gasteiger partial charge is 0.130 e. The van der Waals surface area contributed by atoms with Crippen molar-refractivity contribution in [2.24, 2.45) is 0 Å². The van der Waals surface area contributed by atoms with Crippen molar-refractivity contribution >= 4 is 16.7 Å². The highest BCUT2D eigenvalue weighted by molar-refractivity contribution is 5.83. The summed E-state index contributed by atoms with van der Waals surface area (Å²) >= 11 is 0. The maximum absolute atomic E-state index is 5.28. The average molecular weight is 285 g/mol. The van der Waals surface area contributed by atoms with Gasteiger partial charge in [-0.15, -0.1) is 0 Å². The summed E-state index contributed by atoms with van der Waals surface area (Å²) in [6.07, 6.45) is 4.01. The highest BCUT2D eigenvalue weighted by atomic mass is 16.5. The summed E-state index contributed by atoms with van der Waals surface area (Å²) in [7, 11) is 5.82. The molecule has 0 amide bonds. The van der Waals surface area contributed by atoms with Crippen LogP contribution >= 0.6 is 0 Å². The number of hydrogen-bond acceptors (Lipinski definition) is 4.